The van der Waals surface area contributed by atoms with Crippen LogP contribution in [0.2, 0.25) is 0 Å². The number of alkyl halides is 4. The van der Waals surface area contributed by atoms with Crippen molar-refractivity contribution < 1.29 is 46.9 Å². The first-order valence-corrected chi connectivity index (χ1v) is 11.2. The molecule has 10 nitrogen and oxygen atoms in total. The fraction of sp³-hybridized carbons (Fsp3) is 0.857. The van der Waals surface area contributed by atoms with Crippen LogP contribution in [0.15, 0.2) is 0 Å². The Bertz CT molecular complexity index is 755. The molecule has 0 aromatic heterocycles. The highest BCUT2D eigenvalue weighted by molar-refractivity contribution is 5.85. The highest BCUT2D eigenvalue weighted by Gasteiger charge is 2.47. The zero-order chi connectivity index (χ0) is 27.4. The molecular formula is C21H37ClF4N4O6. The van der Waals surface area contributed by atoms with Gasteiger partial charge in [0.05, 0.1) is 6.04 Å². The fourth-order valence-electron chi connectivity index (χ4n) is 3.91. The second-order valence-corrected chi connectivity index (χ2v) is 10.3. The topological polar surface area (TPSA) is 191 Å². The first kappa shape index (κ1) is 34.1. The molecule has 0 aromatic rings. The Morgan fingerprint density at radius 2 is 1.31 bits per heavy atom. The van der Waals surface area contributed by atoms with Crippen molar-refractivity contribution >= 4 is 30.3 Å². The summed E-state index contributed by atoms with van der Waals surface area (Å²) in [6, 6.07) is -1.88. The number of carbonyl (C=O) groups is 3. The number of hydrogen-bond donors (Lipinski definition) is 6. The summed E-state index contributed by atoms with van der Waals surface area (Å²) in [7, 11) is 0. The Morgan fingerprint density at radius 3 is 1.64 bits per heavy atom. The van der Waals surface area contributed by atoms with E-state index in [2.05, 4.69) is 5.32 Å². The number of nitrogens with two attached hydrogens (primary N) is 3. The quantitative estimate of drug-likeness (QED) is 0.231. The van der Waals surface area contributed by atoms with Gasteiger partial charge in [-0.1, -0.05) is 0 Å². The van der Waals surface area contributed by atoms with Gasteiger partial charge in [-0.3, -0.25) is 9.59 Å². The molecule has 2 aliphatic carbocycles. The third-order valence-corrected chi connectivity index (χ3v) is 5.61. The molecule has 15 heteroatoms. The van der Waals surface area contributed by atoms with Crippen LogP contribution in [0.4, 0.5) is 22.4 Å². The zero-order valence-corrected chi connectivity index (χ0v) is 21.2. The van der Waals surface area contributed by atoms with Crippen molar-refractivity contribution in [2.75, 3.05) is 0 Å². The van der Waals surface area contributed by atoms with Crippen molar-refractivity contribution in [1.29, 1.82) is 0 Å². The molecule has 0 spiro atoms. The zero-order valence-electron chi connectivity index (χ0n) is 20.4. The van der Waals surface area contributed by atoms with Crippen LogP contribution in [-0.4, -0.2) is 69.9 Å². The second kappa shape index (κ2) is 13.1. The summed E-state index contributed by atoms with van der Waals surface area (Å²) >= 11 is 0. The molecule has 2 saturated carbocycles. The van der Waals surface area contributed by atoms with E-state index in [9.17, 15) is 37.1 Å². The van der Waals surface area contributed by atoms with Gasteiger partial charge in [-0.25, -0.2) is 22.4 Å². The molecule has 2 rings (SSSR count). The molecule has 36 heavy (non-hydrogen) atoms. The highest BCUT2D eigenvalue weighted by atomic mass is 35.5. The number of primary amides is 2. The standard InChI is InChI=1S/C13H22F2N2O4.C8H14F2N2O2.ClH/c1-12(2,3)21-11(20)17-8(9(18)10(16)19)4-7-5-13(14,15)6-7;9-8(10)2-4(3-8)1-5(11)6(13)7(12)14;/h7-9,18H,4-6H2,1-3H3,(H2,16,19)(H,17,20);4-6,13H,1-3,11H2,(H2,12,14);1H. The average Bonchev–Trinajstić information content (AvgIpc) is 2.61. The lowest BCUT2D eigenvalue weighted by molar-refractivity contribution is -0.131. The summed E-state index contributed by atoms with van der Waals surface area (Å²) in [6.07, 6.45) is -4.76. The molecular weight excluding hydrogens is 516 g/mol. The smallest absolute Gasteiger partial charge is 0.407 e. The van der Waals surface area contributed by atoms with Crippen LogP contribution in [0, 0.1) is 11.8 Å². The summed E-state index contributed by atoms with van der Waals surface area (Å²) in [4.78, 5) is 33.2. The van der Waals surface area contributed by atoms with Gasteiger partial charge in [0.1, 0.15) is 11.7 Å². The maximum absolute atomic E-state index is 12.8. The van der Waals surface area contributed by atoms with Crippen LogP contribution in [0.25, 0.3) is 0 Å². The number of alkyl carbamates (subject to hydrolysis) is 1. The minimum absolute atomic E-state index is 0. The van der Waals surface area contributed by atoms with Crippen molar-refractivity contribution in [3.05, 3.63) is 0 Å². The van der Waals surface area contributed by atoms with Gasteiger partial charge >= 0.3 is 6.09 Å². The van der Waals surface area contributed by atoms with Gasteiger partial charge in [0.15, 0.2) is 6.10 Å². The number of rotatable bonds is 9. The molecule has 2 fully saturated rings. The van der Waals surface area contributed by atoms with E-state index < -0.39 is 59.6 Å². The Kier molecular flexibility index (Phi) is 12.4. The lowest BCUT2D eigenvalue weighted by atomic mass is 9.76. The van der Waals surface area contributed by atoms with E-state index in [0.29, 0.717) is 0 Å². The number of ether oxygens (including phenoxy) is 1. The molecule has 0 bridgehead atoms. The Labute approximate surface area is 213 Å². The fourth-order valence-corrected chi connectivity index (χ4v) is 3.91. The molecule has 4 unspecified atom stereocenters. The number of aliphatic hydroxyl groups is 2. The second-order valence-electron chi connectivity index (χ2n) is 10.3. The normalized spacial score (nSPS) is 22.1. The third kappa shape index (κ3) is 11.9. The number of amides is 3. The molecule has 0 aromatic carbocycles. The van der Waals surface area contributed by atoms with Crippen LogP contribution < -0.4 is 22.5 Å². The van der Waals surface area contributed by atoms with Crippen molar-refractivity contribution in [3.8, 4) is 0 Å². The summed E-state index contributed by atoms with van der Waals surface area (Å²) in [5, 5.41) is 21.1. The molecule has 0 saturated heterocycles. The van der Waals surface area contributed by atoms with Crippen molar-refractivity contribution in [3.63, 3.8) is 0 Å². The van der Waals surface area contributed by atoms with Gasteiger partial charge in [-0.15, -0.1) is 12.4 Å². The number of hydrogen-bond acceptors (Lipinski definition) is 7. The van der Waals surface area contributed by atoms with Crippen LogP contribution in [0.1, 0.15) is 59.3 Å². The Balaban J connectivity index is 0.000000713. The molecule has 3 amide bonds. The van der Waals surface area contributed by atoms with Gasteiger partial charge in [-0.05, 0) is 45.4 Å². The molecule has 9 N–H and O–H groups in total. The maximum atomic E-state index is 12.8. The SMILES string of the molecule is CC(C)(C)OC(=O)NC(CC1CC(F)(F)C1)C(O)C(N)=O.Cl.NC(=O)C(O)C(N)CC1CC(F)(F)C1. The minimum atomic E-state index is -2.71. The van der Waals surface area contributed by atoms with E-state index in [-0.39, 0.29) is 62.8 Å². The predicted octanol–water partition coefficient (Wildman–Crippen LogP) is 1.18. The van der Waals surface area contributed by atoms with E-state index in [1.807, 2.05) is 0 Å². The Hall–Kier alpha value is -1.90. The summed E-state index contributed by atoms with van der Waals surface area (Å²) in [6.45, 7) is 4.95. The number of carbonyl (C=O) groups excluding carboxylic acids is 3. The molecule has 212 valence electrons. The van der Waals surface area contributed by atoms with Gasteiger partial charge < -0.3 is 37.5 Å². The van der Waals surface area contributed by atoms with Crippen LogP contribution in [0.3, 0.4) is 0 Å². The van der Waals surface area contributed by atoms with Gasteiger partial charge in [0.25, 0.3) is 0 Å². The summed E-state index contributed by atoms with van der Waals surface area (Å²) < 4.78 is 55.5. The van der Waals surface area contributed by atoms with Gasteiger partial charge in [0, 0.05) is 31.7 Å². The molecule has 0 heterocycles. The average molecular weight is 553 g/mol. The number of halogens is 5. The van der Waals surface area contributed by atoms with Crippen molar-refractivity contribution in [2.24, 2.45) is 29.0 Å². The Morgan fingerprint density at radius 1 is 0.917 bits per heavy atom. The van der Waals surface area contributed by atoms with E-state index in [4.69, 9.17) is 27.0 Å². The van der Waals surface area contributed by atoms with Crippen molar-refractivity contribution in [2.45, 2.75) is 101 Å². The molecule has 0 aliphatic heterocycles. The number of aliphatic hydroxyl groups excluding tert-OH is 2. The molecule has 0 radical (unpaired) electrons. The van der Waals surface area contributed by atoms with Gasteiger partial charge in [0.2, 0.25) is 23.7 Å². The summed E-state index contributed by atoms with van der Waals surface area (Å²) in [5.74, 6) is -7.84. The maximum Gasteiger partial charge on any atom is 0.407 e. The minimum Gasteiger partial charge on any atom is -0.444 e. The first-order valence-electron chi connectivity index (χ1n) is 11.2. The van der Waals surface area contributed by atoms with Gasteiger partial charge in [-0.2, -0.15) is 0 Å². The molecule has 4 atom stereocenters. The third-order valence-electron chi connectivity index (χ3n) is 5.61. The van der Waals surface area contributed by atoms with Crippen LogP contribution >= 0.6 is 12.4 Å². The van der Waals surface area contributed by atoms with E-state index in [1.54, 1.807) is 20.8 Å². The lowest BCUT2D eigenvalue weighted by Crippen LogP contribution is -2.52. The van der Waals surface area contributed by atoms with E-state index in [0.717, 1.165) is 0 Å². The van der Waals surface area contributed by atoms with E-state index in [1.165, 1.54) is 0 Å². The molecule has 2 aliphatic rings. The number of nitrogens with one attached hydrogen (secondary N) is 1. The van der Waals surface area contributed by atoms with E-state index >= 15 is 0 Å². The highest BCUT2D eigenvalue weighted by Crippen LogP contribution is 2.45. The monoisotopic (exact) mass is 552 g/mol. The lowest BCUT2D eigenvalue weighted by Gasteiger charge is -2.37. The largest absolute Gasteiger partial charge is 0.444 e. The van der Waals surface area contributed by atoms with Crippen molar-refractivity contribution in [1.82, 2.24) is 5.32 Å². The van der Waals surface area contributed by atoms with Crippen LogP contribution in [-0.2, 0) is 14.3 Å². The first-order chi connectivity index (χ1) is 15.7. The summed E-state index contributed by atoms with van der Waals surface area (Å²) in [5.41, 5.74) is 14.5. The predicted molar refractivity (Wildman–Crippen MR) is 123 cm³/mol. The van der Waals surface area contributed by atoms with Crippen LogP contribution in [0.5, 0.6) is 0 Å².